The maximum Gasteiger partial charge on any atom is 0.249 e. The minimum Gasteiger partial charge on any atom is -0.384 e. The average Bonchev–Trinajstić information content (AvgIpc) is 2.58. The lowest BCUT2D eigenvalue weighted by Crippen LogP contribution is -2.51. The van der Waals surface area contributed by atoms with Gasteiger partial charge in [-0.3, -0.25) is 19.7 Å². The average molecular weight is 329 g/mol. The number of anilines is 2. The van der Waals surface area contributed by atoms with E-state index in [1.54, 1.807) is 37.2 Å². The zero-order valence-electron chi connectivity index (χ0n) is 13.6. The van der Waals surface area contributed by atoms with E-state index in [0.717, 1.165) is 0 Å². The molecule has 1 aromatic carbocycles. The minimum atomic E-state index is -0.512. The van der Waals surface area contributed by atoms with Crippen LogP contribution in [0.2, 0.25) is 0 Å². The van der Waals surface area contributed by atoms with E-state index < -0.39 is 6.04 Å². The van der Waals surface area contributed by atoms with Gasteiger partial charge in [0.1, 0.15) is 12.6 Å². The molecule has 0 bridgehead atoms. The van der Waals surface area contributed by atoms with Crippen molar-refractivity contribution < 1.29 is 19.5 Å². The Hall–Kier alpha value is -2.85. The second kappa shape index (κ2) is 7.62. The molecular formula is C17H19N3O4. The number of benzene rings is 1. The Morgan fingerprint density at radius 3 is 2.75 bits per heavy atom. The van der Waals surface area contributed by atoms with Crippen LogP contribution < -0.4 is 15.1 Å². The van der Waals surface area contributed by atoms with Crippen LogP contribution in [0.5, 0.6) is 0 Å². The van der Waals surface area contributed by atoms with Gasteiger partial charge in [0.25, 0.3) is 0 Å². The van der Waals surface area contributed by atoms with E-state index in [-0.39, 0.29) is 24.8 Å². The highest BCUT2D eigenvalue weighted by molar-refractivity contribution is 6.02. The molecule has 1 aliphatic heterocycles. The van der Waals surface area contributed by atoms with Crippen LogP contribution >= 0.6 is 0 Å². The molecule has 0 radical (unpaired) electrons. The van der Waals surface area contributed by atoms with Gasteiger partial charge in [0, 0.05) is 20.5 Å². The highest BCUT2D eigenvalue weighted by Crippen LogP contribution is 2.33. The van der Waals surface area contributed by atoms with E-state index in [1.165, 1.54) is 4.90 Å². The van der Waals surface area contributed by atoms with Crippen LogP contribution in [-0.2, 0) is 14.4 Å². The fraction of sp³-hybridized carbons (Fsp3) is 0.353. The molecule has 1 saturated heterocycles. The first-order valence-corrected chi connectivity index (χ1v) is 7.47. The van der Waals surface area contributed by atoms with Crippen LogP contribution in [0.25, 0.3) is 0 Å². The number of nitrogens with zero attached hydrogens (tertiary/aromatic N) is 2. The van der Waals surface area contributed by atoms with E-state index in [0.29, 0.717) is 29.8 Å². The first-order valence-electron chi connectivity index (χ1n) is 7.47. The van der Waals surface area contributed by atoms with E-state index >= 15 is 0 Å². The van der Waals surface area contributed by atoms with Crippen LogP contribution in [0.15, 0.2) is 18.2 Å². The van der Waals surface area contributed by atoms with Gasteiger partial charge in [-0.2, -0.15) is 0 Å². The highest BCUT2D eigenvalue weighted by atomic mass is 16.2. The topological polar surface area (TPSA) is 90.0 Å². The number of rotatable bonds is 4. The number of piperidine rings is 1. The van der Waals surface area contributed by atoms with Crippen LogP contribution in [0, 0.1) is 11.8 Å². The fourth-order valence-electron chi connectivity index (χ4n) is 2.69. The summed E-state index contributed by atoms with van der Waals surface area (Å²) in [5.74, 6) is 4.74. The summed E-state index contributed by atoms with van der Waals surface area (Å²) in [7, 11) is 3.33. The second-order valence-electron chi connectivity index (χ2n) is 5.43. The Morgan fingerprint density at radius 2 is 2.12 bits per heavy atom. The summed E-state index contributed by atoms with van der Waals surface area (Å²) in [6.45, 7) is -0.294. The van der Waals surface area contributed by atoms with Crippen LogP contribution in [0.4, 0.5) is 11.4 Å². The predicted molar refractivity (Wildman–Crippen MR) is 89.4 cm³/mol. The molecule has 1 unspecified atom stereocenters. The maximum absolute atomic E-state index is 12.1. The summed E-state index contributed by atoms with van der Waals surface area (Å²) < 4.78 is 0. The van der Waals surface area contributed by atoms with Gasteiger partial charge in [0.05, 0.1) is 16.9 Å². The Balaban J connectivity index is 2.46. The third-order valence-corrected chi connectivity index (χ3v) is 3.89. The zero-order chi connectivity index (χ0) is 17.7. The summed E-state index contributed by atoms with van der Waals surface area (Å²) in [6, 6.07) is 4.77. The number of hydrogen-bond acceptors (Lipinski definition) is 5. The van der Waals surface area contributed by atoms with Crippen LogP contribution in [0.1, 0.15) is 18.4 Å². The van der Waals surface area contributed by atoms with Gasteiger partial charge in [-0.1, -0.05) is 17.9 Å². The standard InChI is InChI=1S/C17H19N3O4/c1-19(11-22)16-12(6-4-10-21)5-3-7-13(16)20(2)14-8-9-15(23)18-17(14)24/h3,5,7,11,14,21H,8-10H2,1-2H3,(H,18,23,24). The Morgan fingerprint density at radius 1 is 1.38 bits per heavy atom. The van der Waals surface area contributed by atoms with Crippen molar-refractivity contribution >= 4 is 29.6 Å². The molecule has 0 aromatic heterocycles. The number of carbonyl (C=O) groups excluding carboxylic acids is 3. The van der Waals surface area contributed by atoms with Crippen LogP contribution in [0.3, 0.4) is 0 Å². The number of aliphatic hydroxyl groups is 1. The zero-order valence-corrected chi connectivity index (χ0v) is 13.6. The number of nitrogens with one attached hydrogen (secondary N) is 1. The molecule has 7 heteroatoms. The van der Waals surface area contributed by atoms with Crippen molar-refractivity contribution in [1.29, 1.82) is 0 Å². The van der Waals surface area contributed by atoms with Crippen molar-refractivity contribution in [2.45, 2.75) is 18.9 Å². The number of amides is 3. The number of aliphatic hydroxyl groups excluding tert-OH is 1. The van der Waals surface area contributed by atoms with Crippen molar-refractivity contribution in [2.24, 2.45) is 0 Å². The van der Waals surface area contributed by atoms with Crippen molar-refractivity contribution in [2.75, 3.05) is 30.5 Å². The molecular weight excluding hydrogens is 310 g/mol. The smallest absolute Gasteiger partial charge is 0.249 e. The lowest BCUT2D eigenvalue weighted by Gasteiger charge is -2.33. The van der Waals surface area contributed by atoms with Gasteiger partial charge in [0.2, 0.25) is 18.2 Å². The molecule has 1 atom stereocenters. The second-order valence-corrected chi connectivity index (χ2v) is 5.43. The highest BCUT2D eigenvalue weighted by Gasteiger charge is 2.31. The van der Waals surface area contributed by atoms with Crippen molar-refractivity contribution in [3.8, 4) is 11.8 Å². The largest absolute Gasteiger partial charge is 0.384 e. The van der Waals surface area contributed by atoms with Gasteiger partial charge in [0.15, 0.2) is 0 Å². The summed E-state index contributed by atoms with van der Waals surface area (Å²) in [6.07, 6.45) is 1.32. The van der Waals surface area contributed by atoms with Gasteiger partial charge in [-0.05, 0) is 18.6 Å². The Bertz CT molecular complexity index is 720. The Labute approximate surface area is 140 Å². The van der Waals surface area contributed by atoms with Gasteiger partial charge in [-0.15, -0.1) is 0 Å². The molecule has 0 spiro atoms. The maximum atomic E-state index is 12.1. The summed E-state index contributed by atoms with van der Waals surface area (Å²) in [4.78, 5) is 37.8. The van der Waals surface area contributed by atoms with Crippen LogP contribution in [-0.4, -0.2) is 50.1 Å². The molecule has 0 aliphatic carbocycles. The fourth-order valence-corrected chi connectivity index (χ4v) is 2.69. The first-order chi connectivity index (χ1) is 11.5. The molecule has 0 saturated carbocycles. The van der Waals surface area contributed by atoms with Gasteiger partial charge in [-0.25, -0.2) is 0 Å². The molecule has 7 nitrogen and oxygen atoms in total. The lowest BCUT2D eigenvalue weighted by molar-refractivity contribution is -0.134. The molecule has 1 fully saturated rings. The summed E-state index contributed by atoms with van der Waals surface area (Å²) in [5, 5.41) is 11.2. The molecule has 2 N–H and O–H groups in total. The van der Waals surface area contributed by atoms with Gasteiger partial charge >= 0.3 is 0 Å². The number of imide groups is 1. The quantitative estimate of drug-likeness (QED) is 0.456. The molecule has 2 rings (SSSR count). The predicted octanol–water partition coefficient (Wildman–Crippen LogP) is -0.136. The van der Waals surface area contributed by atoms with E-state index in [2.05, 4.69) is 17.2 Å². The van der Waals surface area contributed by atoms with Gasteiger partial charge < -0.3 is 14.9 Å². The molecule has 1 aromatic rings. The van der Waals surface area contributed by atoms with E-state index in [4.69, 9.17) is 5.11 Å². The number of likely N-dealkylation sites (N-methyl/N-ethyl adjacent to an activating group) is 1. The molecule has 1 heterocycles. The minimum absolute atomic E-state index is 0.267. The third-order valence-electron chi connectivity index (χ3n) is 3.89. The normalized spacial score (nSPS) is 16.7. The molecule has 24 heavy (non-hydrogen) atoms. The van der Waals surface area contributed by atoms with Crippen molar-refractivity contribution in [1.82, 2.24) is 5.32 Å². The molecule has 1 aliphatic rings. The summed E-state index contributed by atoms with van der Waals surface area (Å²) in [5.41, 5.74) is 1.75. The summed E-state index contributed by atoms with van der Waals surface area (Å²) >= 11 is 0. The van der Waals surface area contributed by atoms with E-state index in [1.807, 2.05) is 0 Å². The Kier molecular flexibility index (Phi) is 5.55. The monoisotopic (exact) mass is 329 g/mol. The van der Waals surface area contributed by atoms with E-state index in [9.17, 15) is 14.4 Å². The number of hydrogen-bond donors (Lipinski definition) is 2. The lowest BCUT2D eigenvalue weighted by atomic mass is 10.0. The first kappa shape index (κ1) is 17.5. The number of para-hydroxylation sites is 1. The van der Waals surface area contributed by atoms with Crippen molar-refractivity contribution in [3.05, 3.63) is 23.8 Å². The SMILES string of the molecule is CN(C=O)c1c(C#CCO)cccc1N(C)C1CCC(=O)NC1=O. The van der Waals surface area contributed by atoms with Crippen molar-refractivity contribution in [3.63, 3.8) is 0 Å². The third kappa shape index (κ3) is 3.55. The molecule has 3 amide bonds. The molecule has 126 valence electrons. The number of carbonyl (C=O) groups is 3.